The predicted molar refractivity (Wildman–Crippen MR) is 59.5 cm³/mol. The van der Waals surface area contributed by atoms with Gasteiger partial charge in [0.15, 0.2) is 0 Å². The van der Waals surface area contributed by atoms with Gasteiger partial charge in [-0.1, -0.05) is 6.07 Å². The number of hydrogen-bond donors (Lipinski definition) is 2. The van der Waals surface area contributed by atoms with Gasteiger partial charge in [-0.2, -0.15) is 0 Å². The number of aliphatic carboxylic acids is 1. The Morgan fingerprint density at radius 2 is 2.12 bits per heavy atom. The molecule has 0 aliphatic heterocycles. The lowest BCUT2D eigenvalue weighted by atomic mass is 10.1. The van der Waals surface area contributed by atoms with Crippen molar-refractivity contribution in [3.8, 4) is 5.75 Å². The Bertz CT molecular complexity index is 563. The van der Waals surface area contributed by atoms with Crippen molar-refractivity contribution in [1.29, 1.82) is 0 Å². The summed E-state index contributed by atoms with van der Waals surface area (Å²) in [6, 6.07) is 6.87. The summed E-state index contributed by atoms with van der Waals surface area (Å²) in [6.07, 6.45) is -0.183. The average molecular weight is 217 g/mol. The van der Waals surface area contributed by atoms with E-state index in [0.717, 1.165) is 5.56 Å². The summed E-state index contributed by atoms with van der Waals surface area (Å²) in [4.78, 5) is 14.8. The molecule has 0 unspecified atom stereocenters. The van der Waals surface area contributed by atoms with Crippen LogP contribution in [0.3, 0.4) is 0 Å². The zero-order chi connectivity index (χ0) is 11.7. The topological polar surface area (TPSA) is 70.4 Å². The molecule has 4 heteroatoms. The van der Waals surface area contributed by atoms with Crippen molar-refractivity contribution in [3.05, 3.63) is 35.5 Å². The van der Waals surface area contributed by atoms with Gasteiger partial charge in [0, 0.05) is 11.5 Å². The van der Waals surface area contributed by atoms with Crippen molar-refractivity contribution >= 4 is 16.9 Å². The van der Waals surface area contributed by atoms with Crippen LogP contribution in [0.25, 0.3) is 10.9 Å². The van der Waals surface area contributed by atoms with Crippen LogP contribution in [-0.4, -0.2) is 21.2 Å². The summed E-state index contributed by atoms with van der Waals surface area (Å²) in [7, 11) is 0. The Kier molecular flexibility index (Phi) is 2.48. The summed E-state index contributed by atoms with van der Waals surface area (Å²) in [5.41, 5.74) is 2.01. The Morgan fingerprint density at radius 1 is 1.38 bits per heavy atom. The van der Waals surface area contributed by atoms with Crippen LogP contribution in [0.4, 0.5) is 0 Å². The average Bonchev–Trinajstić information content (AvgIpc) is 2.15. The van der Waals surface area contributed by atoms with Crippen molar-refractivity contribution in [3.63, 3.8) is 0 Å². The Morgan fingerprint density at radius 3 is 2.81 bits per heavy atom. The van der Waals surface area contributed by atoms with Gasteiger partial charge in [-0.25, -0.2) is 0 Å². The number of aryl methyl sites for hydroxylation is 1. The van der Waals surface area contributed by atoms with Crippen molar-refractivity contribution in [2.75, 3.05) is 0 Å². The quantitative estimate of drug-likeness (QED) is 0.805. The number of aromatic nitrogens is 1. The van der Waals surface area contributed by atoms with Gasteiger partial charge < -0.3 is 10.2 Å². The lowest BCUT2D eigenvalue weighted by Crippen LogP contribution is -2.02. The Labute approximate surface area is 92.2 Å². The van der Waals surface area contributed by atoms with Gasteiger partial charge in [-0.05, 0) is 24.6 Å². The summed E-state index contributed by atoms with van der Waals surface area (Å²) in [6.45, 7) is 1.92. The van der Waals surface area contributed by atoms with Crippen LogP contribution in [0.5, 0.6) is 5.75 Å². The summed E-state index contributed by atoms with van der Waals surface area (Å²) in [5, 5.41) is 19.0. The third kappa shape index (κ3) is 1.95. The van der Waals surface area contributed by atoms with Gasteiger partial charge in [0.1, 0.15) is 5.75 Å². The van der Waals surface area contributed by atoms with E-state index in [4.69, 9.17) is 5.11 Å². The van der Waals surface area contributed by atoms with Crippen molar-refractivity contribution in [1.82, 2.24) is 4.98 Å². The predicted octanol–water partition coefficient (Wildman–Crippen LogP) is 1.88. The lowest BCUT2D eigenvalue weighted by molar-refractivity contribution is -0.136. The second-order valence-electron chi connectivity index (χ2n) is 3.72. The minimum atomic E-state index is -0.959. The third-order valence-electron chi connectivity index (χ3n) is 2.33. The molecule has 0 bridgehead atoms. The van der Waals surface area contributed by atoms with Crippen LogP contribution >= 0.6 is 0 Å². The second kappa shape index (κ2) is 3.81. The molecule has 0 aliphatic carbocycles. The van der Waals surface area contributed by atoms with Crippen molar-refractivity contribution < 1.29 is 15.0 Å². The molecule has 0 saturated heterocycles. The Hall–Kier alpha value is -2.10. The van der Waals surface area contributed by atoms with E-state index < -0.39 is 5.97 Å². The molecule has 16 heavy (non-hydrogen) atoms. The fraction of sp³-hybridized carbons (Fsp3) is 0.167. The SMILES string of the molecule is Cc1ccc2c(O)cc(CC(=O)O)nc2c1. The zero-order valence-corrected chi connectivity index (χ0v) is 8.77. The van der Waals surface area contributed by atoms with Gasteiger partial charge in [-0.15, -0.1) is 0 Å². The number of carboxylic acids is 1. The van der Waals surface area contributed by atoms with Crippen LogP contribution in [0.2, 0.25) is 0 Å². The van der Waals surface area contributed by atoms with E-state index in [0.29, 0.717) is 16.6 Å². The van der Waals surface area contributed by atoms with Crippen LogP contribution < -0.4 is 0 Å². The number of rotatable bonds is 2. The number of carboxylic acid groups (broad SMARTS) is 1. The normalized spacial score (nSPS) is 10.6. The van der Waals surface area contributed by atoms with Gasteiger partial charge in [-0.3, -0.25) is 9.78 Å². The first-order chi connectivity index (χ1) is 7.56. The number of nitrogens with zero attached hydrogens (tertiary/aromatic N) is 1. The monoisotopic (exact) mass is 217 g/mol. The molecular weight excluding hydrogens is 206 g/mol. The number of carbonyl (C=O) groups is 1. The molecule has 0 saturated carbocycles. The van der Waals surface area contributed by atoms with Crippen LogP contribution in [0.1, 0.15) is 11.3 Å². The minimum Gasteiger partial charge on any atom is -0.507 e. The second-order valence-corrected chi connectivity index (χ2v) is 3.72. The van der Waals surface area contributed by atoms with E-state index in [1.807, 2.05) is 19.1 Å². The molecule has 1 aromatic carbocycles. The molecule has 0 fully saturated rings. The first-order valence-corrected chi connectivity index (χ1v) is 4.87. The first-order valence-electron chi connectivity index (χ1n) is 4.87. The highest BCUT2D eigenvalue weighted by Gasteiger charge is 2.07. The van der Waals surface area contributed by atoms with Gasteiger partial charge in [0.2, 0.25) is 0 Å². The van der Waals surface area contributed by atoms with E-state index in [9.17, 15) is 9.90 Å². The van der Waals surface area contributed by atoms with E-state index >= 15 is 0 Å². The van der Waals surface area contributed by atoms with E-state index in [1.165, 1.54) is 6.07 Å². The minimum absolute atomic E-state index is 0.0706. The highest BCUT2D eigenvalue weighted by molar-refractivity contribution is 5.86. The fourth-order valence-corrected chi connectivity index (χ4v) is 1.62. The molecule has 1 heterocycles. The van der Waals surface area contributed by atoms with Crippen molar-refractivity contribution in [2.45, 2.75) is 13.3 Å². The van der Waals surface area contributed by atoms with Crippen LogP contribution in [0.15, 0.2) is 24.3 Å². The molecule has 2 N–H and O–H groups in total. The van der Waals surface area contributed by atoms with Gasteiger partial charge >= 0.3 is 5.97 Å². The molecule has 4 nitrogen and oxygen atoms in total. The number of aromatic hydroxyl groups is 1. The molecule has 0 amide bonds. The van der Waals surface area contributed by atoms with Gasteiger partial charge in [0.25, 0.3) is 0 Å². The fourth-order valence-electron chi connectivity index (χ4n) is 1.62. The smallest absolute Gasteiger partial charge is 0.309 e. The summed E-state index contributed by atoms with van der Waals surface area (Å²) in [5.74, 6) is -0.889. The lowest BCUT2D eigenvalue weighted by Gasteiger charge is -2.04. The Balaban J connectivity index is 2.60. The van der Waals surface area contributed by atoms with E-state index in [2.05, 4.69) is 4.98 Å². The third-order valence-corrected chi connectivity index (χ3v) is 2.33. The standard InChI is InChI=1S/C12H11NO3/c1-7-2-3-9-10(4-7)13-8(5-11(9)14)6-12(15)16/h2-5H,6H2,1H3,(H,13,14)(H,15,16). The van der Waals surface area contributed by atoms with E-state index in [1.54, 1.807) is 6.07 Å². The molecule has 82 valence electrons. The number of fused-ring (bicyclic) bond motifs is 1. The highest BCUT2D eigenvalue weighted by Crippen LogP contribution is 2.25. The molecule has 0 radical (unpaired) electrons. The molecule has 0 atom stereocenters. The van der Waals surface area contributed by atoms with Gasteiger partial charge in [0.05, 0.1) is 17.6 Å². The van der Waals surface area contributed by atoms with Crippen molar-refractivity contribution in [2.24, 2.45) is 0 Å². The number of benzene rings is 1. The summed E-state index contributed by atoms with van der Waals surface area (Å²) < 4.78 is 0. The zero-order valence-electron chi connectivity index (χ0n) is 8.77. The number of hydrogen-bond acceptors (Lipinski definition) is 3. The maximum atomic E-state index is 10.6. The molecule has 0 aliphatic rings. The highest BCUT2D eigenvalue weighted by atomic mass is 16.4. The number of pyridine rings is 1. The molecule has 0 spiro atoms. The maximum absolute atomic E-state index is 10.6. The first kappa shape index (κ1) is 10.4. The van der Waals surface area contributed by atoms with E-state index in [-0.39, 0.29) is 12.2 Å². The molecular formula is C12H11NO3. The van der Waals surface area contributed by atoms with Crippen LogP contribution in [0, 0.1) is 6.92 Å². The maximum Gasteiger partial charge on any atom is 0.309 e. The molecule has 2 rings (SSSR count). The summed E-state index contributed by atoms with van der Waals surface area (Å²) >= 11 is 0. The van der Waals surface area contributed by atoms with Crippen LogP contribution in [-0.2, 0) is 11.2 Å². The largest absolute Gasteiger partial charge is 0.507 e. The molecule has 1 aromatic heterocycles. The molecule has 2 aromatic rings.